The number of sulfonamides is 1. The molecule has 0 bridgehead atoms. The van der Waals surface area contributed by atoms with E-state index in [1.807, 2.05) is 49.4 Å². The Labute approximate surface area is 206 Å². The number of amides is 1. The molecule has 0 radical (unpaired) electrons. The number of carbonyl (C=O) groups is 1. The highest BCUT2D eigenvalue weighted by Gasteiger charge is 2.28. The third-order valence-electron chi connectivity index (χ3n) is 4.86. The fraction of sp³-hybridized carbons (Fsp3) is 0.125. The highest BCUT2D eigenvalue weighted by molar-refractivity contribution is 8.00. The van der Waals surface area contributed by atoms with Crippen molar-refractivity contribution in [3.63, 3.8) is 0 Å². The molecule has 1 heterocycles. The largest absolute Gasteiger partial charge is 0.299 e. The molecule has 0 spiro atoms. The summed E-state index contributed by atoms with van der Waals surface area (Å²) in [6, 6.07) is 25.1. The van der Waals surface area contributed by atoms with E-state index >= 15 is 0 Å². The molecule has 0 saturated heterocycles. The number of hydrogen-bond acceptors (Lipinski definition) is 7. The summed E-state index contributed by atoms with van der Waals surface area (Å²) in [5, 5.41) is 11.2. The predicted molar refractivity (Wildman–Crippen MR) is 137 cm³/mol. The number of hydrogen-bond donors (Lipinski definition) is 1. The number of nitrogens with one attached hydrogen (secondary N) is 1. The number of aromatic nitrogens is 2. The third kappa shape index (κ3) is 5.82. The number of benzene rings is 3. The van der Waals surface area contributed by atoms with Crippen molar-refractivity contribution in [1.29, 1.82) is 0 Å². The van der Waals surface area contributed by atoms with E-state index in [0.29, 0.717) is 15.2 Å². The highest BCUT2D eigenvalue weighted by atomic mass is 32.2. The maximum Gasteiger partial charge on any atom is 0.264 e. The van der Waals surface area contributed by atoms with Gasteiger partial charge in [-0.3, -0.25) is 14.4 Å². The second-order valence-electron chi connectivity index (χ2n) is 7.31. The van der Waals surface area contributed by atoms with Gasteiger partial charge in [-0.15, -0.1) is 10.2 Å². The van der Waals surface area contributed by atoms with Crippen molar-refractivity contribution in [2.75, 3.05) is 16.2 Å². The van der Waals surface area contributed by atoms with Gasteiger partial charge in [0, 0.05) is 5.75 Å². The van der Waals surface area contributed by atoms with E-state index in [0.717, 1.165) is 21.2 Å². The first-order valence-electron chi connectivity index (χ1n) is 10.4. The molecule has 10 heteroatoms. The number of aryl methyl sites for hydroxylation is 1. The van der Waals surface area contributed by atoms with Crippen LogP contribution >= 0.6 is 23.1 Å². The molecule has 3 aromatic carbocycles. The van der Waals surface area contributed by atoms with E-state index in [2.05, 4.69) is 15.5 Å². The summed E-state index contributed by atoms with van der Waals surface area (Å²) in [4.78, 5) is 13.0. The Morgan fingerprint density at radius 1 is 0.941 bits per heavy atom. The lowest BCUT2D eigenvalue weighted by Gasteiger charge is -2.25. The second-order valence-corrected chi connectivity index (χ2v) is 11.4. The van der Waals surface area contributed by atoms with E-state index in [9.17, 15) is 13.2 Å². The van der Waals surface area contributed by atoms with Gasteiger partial charge in [0.05, 0.1) is 10.6 Å². The first kappa shape index (κ1) is 23.9. The Bertz CT molecular complexity index is 1360. The minimum Gasteiger partial charge on any atom is -0.299 e. The van der Waals surface area contributed by atoms with Gasteiger partial charge in [-0.25, -0.2) is 8.42 Å². The van der Waals surface area contributed by atoms with Crippen molar-refractivity contribution in [3.8, 4) is 0 Å². The number of carbonyl (C=O) groups excluding carboxylic acids is 1. The maximum atomic E-state index is 13.4. The zero-order valence-corrected chi connectivity index (χ0v) is 20.7. The van der Waals surface area contributed by atoms with Gasteiger partial charge in [0.2, 0.25) is 11.0 Å². The standard InChI is InChI=1S/C24H22N4O3S3/c1-18-10-8-9-15-21(18)28(34(30,31)20-13-6-3-7-14-20)16-22(29)25-23-26-27-24(33-23)32-17-19-11-4-2-5-12-19/h2-15H,16-17H2,1H3,(H,25,26,29). The Balaban J connectivity index is 1.49. The molecule has 1 N–H and O–H groups in total. The number of anilines is 2. The molecular weight excluding hydrogens is 488 g/mol. The first-order chi connectivity index (χ1) is 16.4. The van der Waals surface area contributed by atoms with Crippen molar-refractivity contribution in [2.45, 2.75) is 21.9 Å². The summed E-state index contributed by atoms with van der Waals surface area (Å²) in [6.45, 7) is 1.41. The normalized spacial score (nSPS) is 11.2. The molecule has 0 fully saturated rings. The zero-order chi connectivity index (χ0) is 24.0. The number of thioether (sulfide) groups is 1. The number of para-hydroxylation sites is 1. The van der Waals surface area contributed by atoms with Gasteiger partial charge < -0.3 is 0 Å². The summed E-state index contributed by atoms with van der Waals surface area (Å²) < 4.78 is 28.7. The fourth-order valence-electron chi connectivity index (χ4n) is 3.19. The van der Waals surface area contributed by atoms with Crippen LogP contribution in [0.4, 0.5) is 10.8 Å². The van der Waals surface area contributed by atoms with E-state index in [-0.39, 0.29) is 4.90 Å². The van der Waals surface area contributed by atoms with Gasteiger partial charge >= 0.3 is 0 Å². The van der Waals surface area contributed by atoms with Crippen molar-refractivity contribution < 1.29 is 13.2 Å². The lowest BCUT2D eigenvalue weighted by atomic mass is 10.2. The summed E-state index contributed by atoms with van der Waals surface area (Å²) in [6.07, 6.45) is 0. The highest BCUT2D eigenvalue weighted by Crippen LogP contribution is 2.29. The number of nitrogens with zero attached hydrogens (tertiary/aromatic N) is 3. The Morgan fingerprint density at radius 3 is 2.29 bits per heavy atom. The average Bonchev–Trinajstić information content (AvgIpc) is 3.30. The third-order valence-corrected chi connectivity index (χ3v) is 8.68. The quantitative estimate of drug-likeness (QED) is 0.252. The van der Waals surface area contributed by atoms with Crippen molar-refractivity contribution in [1.82, 2.24) is 10.2 Å². The van der Waals surface area contributed by atoms with E-state index in [1.54, 1.807) is 30.3 Å². The first-order valence-corrected chi connectivity index (χ1v) is 13.6. The molecule has 0 aliphatic heterocycles. The molecule has 4 aromatic rings. The molecule has 0 saturated carbocycles. The Hall–Kier alpha value is -3.21. The van der Waals surface area contributed by atoms with Crippen LogP contribution in [-0.2, 0) is 20.6 Å². The topological polar surface area (TPSA) is 92.3 Å². The van der Waals surface area contributed by atoms with E-state index in [1.165, 1.54) is 35.2 Å². The molecule has 0 unspecified atom stereocenters. The van der Waals surface area contributed by atoms with Crippen LogP contribution in [0.15, 0.2) is 94.2 Å². The van der Waals surface area contributed by atoms with E-state index in [4.69, 9.17) is 0 Å². The van der Waals surface area contributed by atoms with Crippen LogP contribution in [-0.4, -0.2) is 31.1 Å². The van der Waals surface area contributed by atoms with Crippen LogP contribution in [0, 0.1) is 6.92 Å². The molecule has 7 nitrogen and oxygen atoms in total. The summed E-state index contributed by atoms with van der Waals surface area (Å²) in [7, 11) is -3.96. The molecule has 4 rings (SSSR count). The molecule has 1 amide bonds. The molecule has 0 aliphatic carbocycles. The maximum absolute atomic E-state index is 13.4. The lowest BCUT2D eigenvalue weighted by Crippen LogP contribution is -2.38. The Kier molecular flexibility index (Phi) is 7.61. The van der Waals surface area contributed by atoms with Crippen LogP contribution in [0.2, 0.25) is 0 Å². The van der Waals surface area contributed by atoms with Crippen LogP contribution in [0.1, 0.15) is 11.1 Å². The molecule has 0 atom stereocenters. The SMILES string of the molecule is Cc1ccccc1N(CC(=O)Nc1nnc(SCc2ccccc2)s1)S(=O)(=O)c1ccccc1. The summed E-state index contributed by atoms with van der Waals surface area (Å²) >= 11 is 2.77. The zero-order valence-electron chi connectivity index (χ0n) is 18.3. The second kappa shape index (κ2) is 10.8. The van der Waals surface area contributed by atoms with E-state index < -0.39 is 22.5 Å². The Morgan fingerprint density at radius 2 is 1.59 bits per heavy atom. The van der Waals surface area contributed by atoms with Crippen molar-refractivity contribution >= 4 is 49.8 Å². The van der Waals surface area contributed by atoms with Gasteiger partial charge in [-0.2, -0.15) is 0 Å². The van der Waals surface area contributed by atoms with Crippen LogP contribution in [0.25, 0.3) is 0 Å². The molecule has 1 aromatic heterocycles. The van der Waals surface area contributed by atoms with Gasteiger partial charge in [-0.05, 0) is 36.2 Å². The average molecular weight is 511 g/mol. The van der Waals surface area contributed by atoms with Crippen LogP contribution in [0.3, 0.4) is 0 Å². The van der Waals surface area contributed by atoms with Crippen LogP contribution in [0.5, 0.6) is 0 Å². The minimum absolute atomic E-state index is 0.113. The number of rotatable bonds is 9. The van der Waals surface area contributed by atoms with Gasteiger partial charge in [0.1, 0.15) is 6.54 Å². The van der Waals surface area contributed by atoms with Crippen molar-refractivity contribution in [3.05, 3.63) is 96.1 Å². The van der Waals surface area contributed by atoms with Crippen LogP contribution < -0.4 is 9.62 Å². The lowest BCUT2D eigenvalue weighted by molar-refractivity contribution is -0.114. The minimum atomic E-state index is -3.96. The fourth-order valence-corrected chi connectivity index (χ4v) is 6.42. The smallest absolute Gasteiger partial charge is 0.264 e. The monoisotopic (exact) mass is 510 g/mol. The van der Waals surface area contributed by atoms with Crippen molar-refractivity contribution in [2.24, 2.45) is 0 Å². The van der Waals surface area contributed by atoms with Gasteiger partial charge in [0.15, 0.2) is 4.34 Å². The summed E-state index contributed by atoms with van der Waals surface area (Å²) in [5.74, 6) is 0.235. The predicted octanol–water partition coefficient (Wildman–Crippen LogP) is 4.97. The summed E-state index contributed by atoms with van der Waals surface area (Å²) in [5.41, 5.74) is 2.34. The molecule has 174 valence electrons. The van der Waals surface area contributed by atoms with Gasteiger partial charge in [-0.1, -0.05) is 89.8 Å². The molecule has 0 aliphatic rings. The molecular formula is C24H22N4O3S3. The molecule has 34 heavy (non-hydrogen) atoms. The van der Waals surface area contributed by atoms with Gasteiger partial charge in [0.25, 0.3) is 10.0 Å².